The van der Waals surface area contributed by atoms with Gasteiger partial charge in [-0.1, -0.05) is 0 Å². The molecule has 0 aliphatic rings. The summed E-state index contributed by atoms with van der Waals surface area (Å²) in [4.78, 5) is 4.27. The molecule has 5 nitrogen and oxygen atoms in total. The predicted molar refractivity (Wildman–Crippen MR) is 70.8 cm³/mol. The third-order valence-corrected chi connectivity index (χ3v) is 3.23. The second-order valence-corrected chi connectivity index (χ2v) is 4.38. The highest BCUT2D eigenvalue weighted by Crippen LogP contribution is 2.29. The minimum atomic E-state index is -0.180. The average Bonchev–Trinajstić information content (AvgIpc) is 2.93. The van der Waals surface area contributed by atoms with E-state index in [0.717, 1.165) is 22.8 Å². The van der Waals surface area contributed by atoms with Crippen molar-refractivity contribution in [2.75, 3.05) is 14.2 Å². The number of hydrazine groups is 1. The number of nitrogens with one attached hydrogen (secondary N) is 1. The number of thiazole rings is 1. The summed E-state index contributed by atoms with van der Waals surface area (Å²) in [7, 11) is 3.23. The van der Waals surface area contributed by atoms with Crippen LogP contribution in [0.25, 0.3) is 0 Å². The lowest BCUT2D eigenvalue weighted by Gasteiger charge is -2.16. The van der Waals surface area contributed by atoms with Crippen LogP contribution in [0.3, 0.4) is 0 Å². The Morgan fingerprint density at radius 3 is 2.33 bits per heavy atom. The Labute approximate surface area is 110 Å². The number of rotatable bonds is 5. The van der Waals surface area contributed by atoms with Crippen molar-refractivity contribution in [1.29, 1.82) is 0 Å². The van der Waals surface area contributed by atoms with E-state index in [1.54, 1.807) is 19.7 Å². The van der Waals surface area contributed by atoms with E-state index in [1.165, 1.54) is 11.3 Å². The van der Waals surface area contributed by atoms with Crippen molar-refractivity contribution in [2.45, 2.75) is 6.04 Å². The molecular formula is C12H15N3O2S. The van der Waals surface area contributed by atoms with E-state index in [4.69, 9.17) is 15.3 Å². The highest BCUT2D eigenvalue weighted by atomic mass is 32.1. The third kappa shape index (κ3) is 2.61. The minimum absolute atomic E-state index is 0.180. The van der Waals surface area contributed by atoms with Gasteiger partial charge in [0.1, 0.15) is 11.5 Å². The van der Waals surface area contributed by atoms with Gasteiger partial charge < -0.3 is 9.47 Å². The first-order chi connectivity index (χ1) is 8.78. The summed E-state index contributed by atoms with van der Waals surface area (Å²) in [6.07, 6.45) is 0. The second kappa shape index (κ2) is 5.81. The summed E-state index contributed by atoms with van der Waals surface area (Å²) < 4.78 is 10.5. The van der Waals surface area contributed by atoms with E-state index in [-0.39, 0.29) is 6.04 Å². The zero-order chi connectivity index (χ0) is 13.0. The molecule has 1 aromatic heterocycles. The molecule has 18 heavy (non-hydrogen) atoms. The predicted octanol–water partition coefficient (Wildman–Crippen LogP) is 1.71. The number of hydrogen-bond donors (Lipinski definition) is 2. The monoisotopic (exact) mass is 265 g/mol. The van der Waals surface area contributed by atoms with Crippen LogP contribution in [-0.4, -0.2) is 19.2 Å². The zero-order valence-corrected chi connectivity index (χ0v) is 11.0. The summed E-state index contributed by atoms with van der Waals surface area (Å²) in [5.74, 6) is 7.06. The molecule has 2 aromatic rings. The van der Waals surface area contributed by atoms with Crippen molar-refractivity contribution in [3.63, 3.8) is 0 Å². The molecule has 0 amide bonds. The Kier molecular flexibility index (Phi) is 4.14. The van der Waals surface area contributed by atoms with Crippen LogP contribution < -0.4 is 20.7 Å². The molecule has 0 saturated heterocycles. The highest BCUT2D eigenvalue weighted by Gasteiger charge is 2.16. The van der Waals surface area contributed by atoms with Crippen LogP contribution in [0.15, 0.2) is 29.1 Å². The topological polar surface area (TPSA) is 69.4 Å². The van der Waals surface area contributed by atoms with E-state index in [9.17, 15) is 0 Å². The maximum absolute atomic E-state index is 5.61. The molecule has 1 heterocycles. The van der Waals surface area contributed by atoms with Gasteiger partial charge in [0.25, 0.3) is 0 Å². The van der Waals surface area contributed by atoms with Crippen molar-refractivity contribution in [3.8, 4) is 11.5 Å². The molecule has 0 aliphatic heterocycles. The molecule has 6 heteroatoms. The number of nitrogens with two attached hydrogens (primary N) is 1. The lowest BCUT2D eigenvalue weighted by Crippen LogP contribution is -2.29. The Morgan fingerprint density at radius 2 is 1.89 bits per heavy atom. The fraction of sp³-hybridized carbons (Fsp3) is 0.250. The quantitative estimate of drug-likeness (QED) is 0.636. The molecular weight excluding hydrogens is 250 g/mol. The molecule has 0 bridgehead atoms. The molecule has 0 aliphatic carbocycles. The number of nitrogens with zero attached hydrogens (tertiary/aromatic N) is 1. The molecule has 1 unspecified atom stereocenters. The van der Waals surface area contributed by atoms with Gasteiger partial charge in [-0.15, -0.1) is 11.3 Å². The smallest absolute Gasteiger partial charge is 0.122 e. The Hall–Kier alpha value is -1.63. The van der Waals surface area contributed by atoms with Crippen LogP contribution in [0.1, 0.15) is 17.3 Å². The van der Waals surface area contributed by atoms with Gasteiger partial charge in [0.05, 0.1) is 31.5 Å². The summed E-state index contributed by atoms with van der Waals surface area (Å²) in [6.45, 7) is 0. The van der Waals surface area contributed by atoms with Gasteiger partial charge >= 0.3 is 0 Å². The van der Waals surface area contributed by atoms with Crippen LogP contribution in [0, 0.1) is 0 Å². The first-order valence-corrected chi connectivity index (χ1v) is 6.30. The first kappa shape index (κ1) is 12.8. The maximum Gasteiger partial charge on any atom is 0.122 e. The van der Waals surface area contributed by atoms with E-state index >= 15 is 0 Å². The lowest BCUT2D eigenvalue weighted by molar-refractivity contribution is 0.392. The van der Waals surface area contributed by atoms with Crippen molar-refractivity contribution < 1.29 is 9.47 Å². The number of benzene rings is 1. The molecule has 0 fully saturated rings. The number of methoxy groups -OCH3 is 2. The SMILES string of the molecule is COc1cc(OC)cc(C(NN)c2cscn2)c1. The molecule has 0 radical (unpaired) electrons. The molecule has 3 N–H and O–H groups in total. The lowest BCUT2D eigenvalue weighted by atomic mass is 10.0. The van der Waals surface area contributed by atoms with Gasteiger partial charge in [0.2, 0.25) is 0 Å². The summed E-state index contributed by atoms with van der Waals surface area (Å²) in [5, 5.41) is 1.95. The largest absolute Gasteiger partial charge is 0.497 e. The van der Waals surface area contributed by atoms with Crippen LogP contribution in [0.5, 0.6) is 11.5 Å². The van der Waals surface area contributed by atoms with Crippen LogP contribution in [-0.2, 0) is 0 Å². The van der Waals surface area contributed by atoms with Crippen molar-refractivity contribution in [1.82, 2.24) is 10.4 Å². The molecule has 0 spiro atoms. The van der Waals surface area contributed by atoms with Gasteiger partial charge in [0.15, 0.2) is 0 Å². The van der Waals surface area contributed by atoms with Gasteiger partial charge in [0, 0.05) is 11.4 Å². The Morgan fingerprint density at radius 1 is 1.22 bits per heavy atom. The van der Waals surface area contributed by atoms with Gasteiger partial charge in [-0.25, -0.2) is 10.4 Å². The van der Waals surface area contributed by atoms with Crippen molar-refractivity contribution in [3.05, 3.63) is 40.3 Å². The van der Waals surface area contributed by atoms with E-state index in [1.807, 2.05) is 23.6 Å². The Balaban J connectivity index is 2.41. The van der Waals surface area contributed by atoms with E-state index < -0.39 is 0 Å². The average molecular weight is 265 g/mol. The van der Waals surface area contributed by atoms with E-state index in [2.05, 4.69) is 10.4 Å². The second-order valence-electron chi connectivity index (χ2n) is 3.66. The summed E-state index contributed by atoms with van der Waals surface area (Å²) >= 11 is 1.53. The van der Waals surface area contributed by atoms with Crippen molar-refractivity contribution >= 4 is 11.3 Å². The minimum Gasteiger partial charge on any atom is -0.497 e. The normalized spacial score (nSPS) is 12.2. The molecule has 2 rings (SSSR count). The number of ether oxygens (including phenoxy) is 2. The van der Waals surface area contributed by atoms with Gasteiger partial charge in [-0.05, 0) is 17.7 Å². The fourth-order valence-electron chi connectivity index (χ4n) is 1.71. The Bertz CT molecular complexity index is 480. The maximum atomic E-state index is 5.61. The van der Waals surface area contributed by atoms with Crippen LogP contribution in [0.4, 0.5) is 0 Å². The zero-order valence-electron chi connectivity index (χ0n) is 10.2. The fourth-order valence-corrected chi connectivity index (χ4v) is 2.29. The molecule has 96 valence electrons. The summed E-state index contributed by atoms with van der Waals surface area (Å²) in [5.41, 5.74) is 6.35. The number of aromatic nitrogens is 1. The summed E-state index contributed by atoms with van der Waals surface area (Å²) in [6, 6.07) is 5.46. The van der Waals surface area contributed by atoms with Crippen molar-refractivity contribution in [2.24, 2.45) is 5.84 Å². The molecule has 1 atom stereocenters. The molecule has 1 aromatic carbocycles. The van der Waals surface area contributed by atoms with Crippen LogP contribution in [0.2, 0.25) is 0 Å². The van der Waals surface area contributed by atoms with Crippen LogP contribution >= 0.6 is 11.3 Å². The standard InChI is InChI=1S/C12H15N3O2S/c1-16-9-3-8(4-10(5-9)17-2)12(15-13)11-6-18-7-14-11/h3-7,12,15H,13H2,1-2H3. The third-order valence-electron chi connectivity index (χ3n) is 2.62. The van der Waals surface area contributed by atoms with Gasteiger partial charge in [-0.2, -0.15) is 0 Å². The van der Waals surface area contributed by atoms with E-state index in [0.29, 0.717) is 0 Å². The number of hydrogen-bond acceptors (Lipinski definition) is 6. The van der Waals surface area contributed by atoms with Gasteiger partial charge in [-0.3, -0.25) is 5.84 Å². The highest BCUT2D eigenvalue weighted by molar-refractivity contribution is 7.07. The molecule has 0 saturated carbocycles. The first-order valence-electron chi connectivity index (χ1n) is 5.35.